The van der Waals surface area contributed by atoms with E-state index in [0.29, 0.717) is 11.4 Å². The number of aromatic amines is 1. The standard InChI is InChI=1S/C20H22N2O5/c1-10-5-6-13-14(7-10)22-20(21-13)12-4-2-3-11(8-12)19-18(26)17(25)16(24)15(9-23)27-19/h2-8,15-19,23-26H,9H2,1H3,(H,21,22)/t15-,16-,17+,18+,19-/m1/s1. The lowest BCUT2D eigenvalue weighted by Crippen LogP contribution is -2.55. The maximum absolute atomic E-state index is 10.3. The van der Waals surface area contributed by atoms with E-state index in [4.69, 9.17) is 4.74 Å². The van der Waals surface area contributed by atoms with Crippen LogP contribution in [-0.4, -0.2) is 61.4 Å². The molecule has 0 unspecified atom stereocenters. The first-order valence-electron chi connectivity index (χ1n) is 8.85. The number of nitrogens with one attached hydrogen (secondary N) is 1. The van der Waals surface area contributed by atoms with Crippen LogP contribution in [0.5, 0.6) is 0 Å². The van der Waals surface area contributed by atoms with E-state index < -0.39 is 37.1 Å². The van der Waals surface area contributed by atoms with Crippen molar-refractivity contribution in [2.75, 3.05) is 6.61 Å². The van der Waals surface area contributed by atoms with Crippen molar-refractivity contribution in [1.82, 2.24) is 9.97 Å². The fourth-order valence-electron chi connectivity index (χ4n) is 3.49. The van der Waals surface area contributed by atoms with Crippen molar-refractivity contribution in [2.45, 2.75) is 37.4 Å². The summed E-state index contributed by atoms with van der Waals surface area (Å²) >= 11 is 0. The van der Waals surface area contributed by atoms with Crippen molar-refractivity contribution in [3.63, 3.8) is 0 Å². The van der Waals surface area contributed by atoms with Gasteiger partial charge in [-0.15, -0.1) is 0 Å². The fourth-order valence-corrected chi connectivity index (χ4v) is 3.49. The number of nitrogens with zero attached hydrogens (tertiary/aromatic N) is 1. The van der Waals surface area contributed by atoms with Crippen LogP contribution in [0.15, 0.2) is 42.5 Å². The highest BCUT2D eigenvalue weighted by atomic mass is 16.5. The molecule has 4 rings (SSSR count). The van der Waals surface area contributed by atoms with Crippen molar-refractivity contribution in [1.29, 1.82) is 0 Å². The van der Waals surface area contributed by atoms with Crippen LogP contribution in [-0.2, 0) is 4.74 Å². The number of rotatable bonds is 3. The highest BCUT2D eigenvalue weighted by molar-refractivity contribution is 5.80. The summed E-state index contributed by atoms with van der Waals surface area (Å²) in [5.41, 5.74) is 4.34. The van der Waals surface area contributed by atoms with E-state index >= 15 is 0 Å². The van der Waals surface area contributed by atoms with E-state index in [1.54, 1.807) is 6.07 Å². The Balaban J connectivity index is 1.69. The molecule has 0 aliphatic carbocycles. The van der Waals surface area contributed by atoms with Crippen LogP contribution in [0.2, 0.25) is 0 Å². The molecule has 1 aliphatic heterocycles. The van der Waals surface area contributed by atoms with Gasteiger partial charge in [0.05, 0.1) is 17.6 Å². The zero-order valence-electron chi connectivity index (χ0n) is 14.8. The van der Waals surface area contributed by atoms with Crippen LogP contribution in [0.4, 0.5) is 0 Å². The molecule has 0 saturated carbocycles. The van der Waals surface area contributed by atoms with E-state index in [1.165, 1.54) is 0 Å². The van der Waals surface area contributed by atoms with Crippen molar-refractivity contribution in [3.05, 3.63) is 53.6 Å². The van der Waals surface area contributed by atoms with Crippen LogP contribution in [0.25, 0.3) is 22.4 Å². The van der Waals surface area contributed by atoms with Crippen LogP contribution >= 0.6 is 0 Å². The third-order valence-corrected chi connectivity index (χ3v) is 5.02. The number of benzene rings is 2. The number of fused-ring (bicyclic) bond motifs is 1. The molecule has 27 heavy (non-hydrogen) atoms. The molecule has 2 heterocycles. The van der Waals surface area contributed by atoms with Crippen molar-refractivity contribution in [3.8, 4) is 11.4 Å². The van der Waals surface area contributed by atoms with Crippen LogP contribution in [0, 0.1) is 6.92 Å². The molecule has 2 aromatic carbocycles. The van der Waals surface area contributed by atoms with Gasteiger partial charge in [0.15, 0.2) is 0 Å². The summed E-state index contributed by atoms with van der Waals surface area (Å²) in [5, 5.41) is 39.7. The number of aliphatic hydroxyl groups is 4. The normalized spacial score (nSPS) is 28.6. The van der Waals surface area contributed by atoms with Gasteiger partial charge in [-0.25, -0.2) is 4.98 Å². The average Bonchev–Trinajstić information content (AvgIpc) is 3.10. The summed E-state index contributed by atoms with van der Waals surface area (Å²) in [4.78, 5) is 7.89. The van der Waals surface area contributed by atoms with Crippen LogP contribution in [0.3, 0.4) is 0 Å². The number of aryl methyl sites for hydroxylation is 1. The average molecular weight is 370 g/mol. The van der Waals surface area contributed by atoms with Crippen LogP contribution < -0.4 is 0 Å². The lowest BCUT2D eigenvalue weighted by molar-refractivity contribution is -0.231. The molecule has 0 amide bonds. The number of aliphatic hydroxyl groups excluding tert-OH is 4. The molecule has 1 fully saturated rings. The molecule has 3 aromatic rings. The van der Waals surface area contributed by atoms with Crippen molar-refractivity contribution >= 4 is 11.0 Å². The third kappa shape index (κ3) is 3.24. The number of aromatic nitrogens is 2. The SMILES string of the molecule is Cc1ccc2[nH]c(-c3cccc([C@H]4O[C@H](CO)[C@@H](O)[C@H](O)[C@@H]4O)c3)nc2c1. The second-order valence-electron chi connectivity index (χ2n) is 6.98. The van der Waals surface area contributed by atoms with E-state index in [0.717, 1.165) is 22.2 Å². The molecule has 1 aliphatic rings. The molecule has 142 valence electrons. The summed E-state index contributed by atoms with van der Waals surface area (Å²) in [6, 6.07) is 13.3. The molecular formula is C20H22N2O5. The number of hydrogen-bond donors (Lipinski definition) is 5. The Hall–Kier alpha value is -2.29. The maximum atomic E-state index is 10.3. The summed E-state index contributed by atoms with van der Waals surface area (Å²) in [5.74, 6) is 0.682. The highest BCUT2D eigenvalue weighted by Gasteiger charge is 2.43. The van der Waals surface area contributed by atoms with E-state index in [9.17, 15) is 20.4 Å². The molecule has 7 nitrogen and oxygen atoms in total. The predicted octanol–water partition coefficient (Wildman–Crippen LogP) is 1.05. The first-order chi connectivity index (χ1) is 13.0. The molecule has 0 radical (unpaired) electrons. The monoisotopic (exact) mass is 370 g/mol. The lowest BCUT2D eigenvalue weighted by atomic mass is 9.90. The molecule has 0 spiro atoms. The minimum atomic E-state index is -1.40. The largest absolute Gasteiger partial charge is 0.394 e. The first-order valence-corrected chi connectivity index (χ1v) is 8.85. The number of hydrogen-bond acceptors (Lipinski definition) is 6. The zero-order valence-corrected chi connectivity index (χ0v) is 14.8. The quantitative estimate of drug-likeness (QED) is 0.470. The number of ether oxygens (including phenoxy) is 1. The molecule has 5 N–H and O–H groups in total. The van der Waals surface area contributed by atoms with Crippen molar-refractivity contribution in [2.24, 2.45) is 0 Å². The van der Waals surface area contributed by atoms with Gasteiger partial charge in [-0.2, -0.15) is 0 Å². The van der Waals surface area contributed by atoms with E-state index in [2.05, 4.69) is 9.97 Å². The summed E-state index contributed by atoms with van der Waals surface area (Å²) in [6.07, 6.45) is -5.89. The van der Waals surface area contributed by atoms with Gasteiger partial charge in [-0.05, 0) is 36.2 Å². The van der Waals surface area contributed by atoms with Crippen LogP contribution in [0.1, 0.15) is 17.2 Å². The minimum Gasteiger partial charge on any atom is -0.394 e. The molecule has 1 aromatic heterocycles. The predicted molar refractivity (Wildman–Crippen MR) is 99.0 cm³/mol. The first kappa shape index (κ1) is 18.1. The number of imidazole rings is 1. The topological polar surface area (TPSA) is 119 Å². The second-order valence-corrected chi connectivity index (χ2v) is 6.98. The maximum Gasteiger partial charge on any atom is 0.138 e. The van der Waals surface area contributed by atoms with Gasteiger partial charge in [0.1, 0.15) is 36.3 Å². The fraction of sp³-hybridized carbons (Fsp3) is 0.350. The van der Waals surface area contributed by atoms with Gasteiger partial charge >= 0.3 is 0 Å². The minimum absolute atomic E-state index is 0.454. The number of H-pyrrole nitrogens is 1. The summed E-state index contributed by atoms with van der Waals surface area (Å²) in [7, 11) is 0. The molecule has 7 heteroatoms. The van der Waals surface area contributed by atoms with E-state index in [1.807, 2.05) is 43.3 Å². The molecule has 1 saturated heterocycles. The van der Waals surface area contributed by atoms with Gasteiger partial charge < -0.3 is 30.1 Å². The van der Waals surface area contributed by atoms with Gasteiger partial charge in [-0.3, -0.25) is 0 Å². The smallest absolute Gasteiger partial charge is 0.138 e. The lowest BCUT2D eigenvalue weighted by Gasteiger charge is -2.40. The summed E-state index contributed by atoms with van der Waals surface area (Å²) in [6.45, 7) is 1.55. The zero-order chi connectivity index (χ0) is 19.1. The molecule has 5 atom stereocenters. The van der Waals surface area contributed by atoms with Gasteiger partial charge in [0.2, 0.25) is 0 Å². The highest BCUT2D eigenvalue weighted by Crippen LogP contribution is 2.34. The third-order valence-electron chi connectivity index (χ3n) is 5.02. The Morgan fingerprint density at radius 3 is 2.63 bits per heavy atom. The second kappa shape index (κ2) is 7.03. The molecule has 0 bridgehead atoms. The summed E-state index contributed by atoms with van der Waals surface area (Å²) < 4.78 is 5.64. The Morgan fingerprint density at radius 2 is 1.85 bits per heavy atom. The Kier molecular flexibility index (Phi) is 4.71. The van der Waals surface area contributed by atoms with E-state index in [-0.39, 0.29) is 0 Å². The Morgan fingerprint density at radius 1 is 1.04 bits per heavy atom. The Labute approximate surface area is 155 Å². The van der Waals surface area contributed by atoms with Gasteiger partial charge in [0.25, 0.3) is 0 Å². The molecular weight excluding hydrogens is 348 g/mol. The Bertz CT molecular complexity index is 954. The van der Waals surface area contributed by atoms with Gasteiger partial charge in [-0.1, -0.05) is 24.3 Å². The van der Waals surface area contributed by atoms with Gasteiger partial charge in [0, 0.05) is 5.56 Å². The van der Waals surface area contributed by atoms with Crippen molar-refractivity contribution < 1.29 is 25.2 Å².